The fraction of sp³-hybridized carbons (Fsp3) is 0.625. The molecule has 0 aliphatic rings. The van der Waals surface area contributed by atoms with E-state index in [1.807, 2.05) is 12.2 Å². The van der Waals surface area contributed by atoms with Crippen LogP contribution in [0.25, 0.3) is 0 Å². The van der Waals surface area contributed by atoms with E-state index in [1.165, 1.54) is 25.7 Å². The normalized spacial score (nSPS) is 9.68. The topological polar surface area (TPSA) is 36.1 Å². The lowest BCUT2D eigenvalue weighted by atomic mass is 10.2. The van der Waals surface area contributed by atoms with E-state index < -0.39 is 0 Å². The van der Waals surface area contributed by atoms with Crippen molar-refractivity contribution in [1.82, 2.24) is 16.0 Å². The summed E-state index contributed by atoms with van der Waals surface area (Å²) in [6, 6.07) is 0. The lowest BCUT2D eigenvalue weighted by Gasteiger charge is -2.05. The van der Waals surface area contributed by atoms with Gasteiger partial charge >= 0.3 is 0 Å². The van der Waals surface area contributed by atoms with Gasteiger partial charge in [-0.25, -0.2) is 0 Å². The summed E-state index contributed by atoms with van der Waals surface area (Å²) in [4.78, 5) is 0. The molecular weight excluding hydrogens is 234 g/mol. The first kappa shape index (κ1) is 17.9. The molecule has 0 spiro atoms. The van der Waals surface area contributed by atoms with Crippen molar-refractivity contribution in [2.75, 3.05) is 39.3 Å². The minimum absolute atomic E-state index is 0.880. The quantitative estimate of drug-likeness (QED) is 0.331. The summed E-state index contributed by atoms with van der Waals surface area (Å²) in [7, 11) is 0. The van der Waals surface area contributed by atoms with Crippen LogP contribution in [-0.4, -0.2) is 39.3 Å². The van der Waals surface area contributed by atoms with Crippen LogP contribution >= 0.6 is 0 Å². The Morgan fingerprint density at radius 1 is 0.632 bits per heavy atom. The highest BCUT2D eigenvalue weighted by Gasteiger charge is 1.90. The minimum atomic E-state index is 0.880. The largest absolute Gasteiger partial charge is 0.317 e. The predicted octanol–water partition coefficient (Wildman–Crippen LogP) is 2.00. The second kappa shape index (κ2) is 16.9. The molecule has 0 amide bonds. The second-order valence-corrected chi connectivity index (χ2v) is 4.39. The SMILES string of the molecule is C=C=CCNCCCCNCCCCNCC=C=C. The maximum Gasteiger partial charge on any atom is 0.0209 e. The van der Waals surface area contributed by atoms with Crippen molar-refractivity contribution in [2.45, 2.75) is 25.7 Å². The Kier molecular flexibility index (Phi) is 16.0. The maximum atomic E-state index is 3.52. The van der Waals surface area contributed by atoms with Crippen LogP contribution < -0.4 is 16.0 Å². The van der Waals surface area contributed by atoms with Gasteiger partial charge in [0.2, 0.25) is 0 Å². The molecule has 19 heavy (non-hydrogen) atoms. The van der Waals surface area contributed by atoms with Gasteiger partial charge in [0, 0.05) is 13.1 Å². The number of nitrogens with one attached hydrogen (secondary N) is 3. The molecular formula is C16H29N3. The van der Waals surface area contributed by atoms with E-state index in [4.69, 9.17) is 0 Å². The lowest BCUT2D eigenvalue weighted by Crippen LogP contribution is -2.21. The van der Waals surface area contributed by atoms with Crippen molar-refractivity contribution >= 4 is 0 Å². The van der Waals surface area contributed by atoms with Gasteiger partial charge in [0.15, 0.2) is 0 Å². The lowest BCUT2D eigenvalue weighted by molar-refractivity contribution is 0.565. The van der Waals surface area contributed by atoms with E-state index in [0.717, 1.165) is 39.3 Å². The van der Waals surface area contributed by atoms with Crippen molar-refractivity contribution in [1.29, 1.82) is 0 Å². The van der Waals surface area contributed by atoms with Crippen molar-refractivity contribution in [3.05, 3.63) is 36.8 Å². The molecule has 0 aliphatic carbocycles. The van der Waals surface area contributed by atoms with Gasteiger partial charge in [-0.3, -0.25) is 0 Å². The Morgan fingerprint density at radius 2 is 1.00 bits per heavy atom. The average Bonchev–Trinajstić information content (AvgIpc) is 2.43. The zero-order valence-electron chi connectivity index (χ0n) is 12.1. The van der Waals surface area contributed by atoms with E-state index in [9.17, 15) is 0 Å². The first-order chi connectivity index (χ1) is 9.41. The smallest absolute Gasteiger partial charge is 0.0209 e. The molecule has 3 nitrogen and oxygen atoms in total. The molecule has 0 atom stereocenters. The van der Waals surface area contributed by atoms with Crippen LogP contribution in [0.4, 0.5) is 0 Å². The Bertz CT molecular complexity index is 246. The molecule has 3 N–H and O–H groups in total. The van der Waals surface area contributed by atoms with Crippen LogP contribution in [-0.2, 0) is 0 Å². The molecule has 0 radical (unpaired) electrons. The fourth-order valence-corrected chi connectivity index (χ4v) is 1.62. The summed E-state index contributed by atoms with van der Waals surface area (Å²) in [6.07, 6.45) is 8.72. The van der Waals surface area contributed by atoms with Gasteiger partial charge in [-0.15, -0.1) is 11.5 Å². The maximum absolute atomic E-state index is 3.52. The van der Waals surface area contributed by atoms with E-state index in [-0.39, 0.29) is 0 Å². The summed E-state index contributed by atoms with van der Waals surface area (Å²) in [5, 5.41) is 10.1. The van der Waals surface area contributed by atoms with Crippen molar-refractivity contribution < 1.29 is 0 Å². The molecule has 0 saturated carbocycles. The Hall–Kier alpha value is -1.08. The molecule has 0 saturated heterocycles. The Labute approximate surface area is 118 Å². The van der Waals surface area contributed by atoms with Gasteiger partial charge in [-0.1, -0.05) is 13.2 Å². The molecule has 0 fully saturated rings. The third-order valence-electron chi connectivity index (χ3n) is 2.70. The standard InChI is InChI=1S/C16H29N3/c1-3-5-11-17-13-7-9-15-19-16-10-8-14-18-12-6-4-2/h5-6,17-19H,1-2,7-16H2. The number of unbranched alkanes of at least 4 members (excludes halogenated alkanes) is 2. The molecule has 0 bridgehead atoms. The van der Waals surface area contributed by atoms with Crippen molar-refractivity contribution in [2.24, 2.45) is 0 Å². The Morgan fingerprint density at radius 3 is 1.37 bits per heavy atom. The van der Waals surface area contributed by atoms with E-state index >= 15 is 0 Å². The monoisotopic (exact) mass is 263 g/mol. The van der Waals surface area contributed by atoms with Crippen molar-refractivity contribution in [3.63, 3.8) is 0 Å². The van der Waals surface area contributed by atoms with Crippen LogP contribution in [0.2, 0.25) is 0 Å². The van der Waals surface area contributed by atoms with Gasteiger partial charge in [-0.05, 0) is 64.0 Å². The van der Waals surface area contributed by atoms with E-state index in [0.29, 0.717) is 0 Å². The number of hydrogen-bond acceptors (Lipinski definition) is 3. The molecule has 0 heterocycles. The molecule has 0 rings (SSSR count). The Balaban J connectivity index is 2.98. The van der Waals surface area contributed by atoms with Crippen LogP contribution in [0, 0.1) is 0 Å². The molecule has 0 aromatic rings. The predicted molar refractivity (Wildman–Crippen MR) is 84.5 cm³/mol. The van der Waals surface area contributed by atoms with Gasteiger partial charge in [0.1, 0.15) is 0 Å². The number of hydrogen-bond donors (Lipinski definition) is 3. The van der Waals surface area contributed by atoms with Gasteiger partial charge in [0.25, 0.3) is 0 Å². The second-order valence-electron chi connectivity index (χ2n) is 4.39. The summed E-state index contributed by atoms with van der Waals surface area (Å²) < 4.78 is 0. The zero-order valence-corrected chi connectivity index (χ0v) is 12.1. The summed E-state index contributed by atoms with van der Waals surface area (Å²) in [6.45, 7) is 13.2. The van der Waals surface area contributed by atoms with E-state index in [2.05, 4.69) is 40.6 Å². The average molecular weight is 263 g/mol. The van der Waals surface area contributed by atoms with Gasteiger partial charge in [-0.2, -0.15) is 0 Å². The third kappa shape index (κ3) is 16.9. The molecule has 0 unspecified atom stereocenters. The molecule has 0 aromatic carbocycles. The zero-order chi connectivity index (χ0) is 14.0. The first-order valence-electron chi connectivity index (χ1n) is 7.22. The van der Waals surface area contributed by atoms with Gasteiger partial charge in [0.05, 0.1) is 0 Å². The first-order valence-corrected chi connectivity index (χ1v) is 7.22. The number of rotatable bonds is 14. The summed E-state index contributed by atoms with van der Waals surface area (Å²) in [5.74, 6) is 0. The molecule has 0 aromatic heterocycles. The summed E-state index contributed by atoms with van der Waals surface area (Å²) in [5.41, 5.74) is 5.50. The van der Waals surface area contributed by atoms with Crippen LogP contribution in [0.5, 0.6) is 0 Å². The van der Waals surface area contributed by atoms with Crippen LogP contribution in [0.15, 0.2) is 36.8 Å². The molecule has 3 heteroatoms. The molecule has 0 aliphatic heterocycles. The van der Waals surface area contributed by atoms with Gasteiger partial charge < -0.3 is 16.0 Å². The third-order valence-corrected chi connectivity index (χ3v) is 2.70. The van der Waals surface area contributed by atoms with Crippen molar-refractivity contribution in [3.8, 4) is 0 Å². The highest BCUT2D eigenvalue weighted by atomic mass is 14.9. The highest BCUT2D eigenvalue weighted by molar-refractivity contribution is 4.78. The summed E-state index contributed by atoms with van der Waals surface area (Å²) >= 11 is 0. The molecule has 108 valence electrons. The van der Waals surface area contributed by atoms with Crippen LogP contribution in [0.3, 0.4) is 0 Å². The highest BCUT2D eigenvalue weighted by Crippen LogP contribution is 1.87. The minimum Gasteiger partial charge on any atom is -0.317 e. The van der Waals surface area contributed by atoms with E-state index in [1.54, 1.807) is 0 Å². The van der Waals surface area contributed by atoms with Crippen LogP contribution in [0.1, 0.15) is 25.7 Å². The fourth-order valence-electron chi connectivity index (χ4n) is 1.62.